The molecule has 0 aliphatic rings. The molecule has 2 atom stereocenters. The first-order chi connectivity index (χ1) is 8.50. The van der Waals surface area contributed by atoms with Gasteiger partial charge < -0.3 is 9.84 Å². The van der Waals surface area contributed by atoms with Gasteiger partial charge in [-0.05, 0) is 19.1 Å². The molecule has 0 amide bonds. The molecule has 0 spiro atoms. The fourth-order valence-corrected chi connectivity index (χ4v) is 2.05. The number of carbonyl (C=O) groups excluding carboxylic acids is 1. The molecule has 1 N–H and O–H groups in total. The third kappa shape index (κ3) is 5.01. The number of hydrogen-bond donors (Lipinski definition) is 2. The van der Waals surface area contributed by atoms with Crippen molar-refractivity contribution < 1.29 is 19.4 Å². The lowest BCUT2D eigenvalue weighted by molar-refractivity contribution is -0.161. The number of carboxylic acid groups (broad SMARTS) is 1. The molecule has 0 fully saturated rings. The van der Waals surface area contributed by atoms with Gasteiger partial charge in [0.2, 0.25) is 6.10 Å². The summed E-state index contributed by atoms with van der Waals surface area (Å²) in [5.74, 6) is -1.61. The van der Waals surface area contributed by atoms with Gasteiger partial charge >= 0.3 is 11.9 Å². The normalized spacial score (nSPS) is 13.7. The zero-order valence-corrected chi connectivity index (χ0v) is 11.5. The van der Waals surface area contributed by atoms with E-state index in [1.807, 2.05) is 30.3 Å². The van der Waals surface area contributed by atoms with Crippen molar-refractivity contribution >= 4 is 36.3 Å². The van der Waals surface area contributed by atoms with E-state index in [-0.39, 0.29) is 5.75 Å². The summed E-state index contributed by atoms with van der Waals surface area (Å²) in [5.41, 5.74) is 0. The Morgan fingerprint density at radius 3 is 2.50 bits per heavy atom. The number of thioether (sulfide) groups is 1. The summed E-state index contributed by atoms with van der Waals surface area (Å²) in [7, 11) is 0. The molecule has 0 aliphatic heterocycles. The van der Waals surface area contributed by atoms with Crippen molar-refractivity contribution in [2.24, 2.45) is 0 Å². The van der Waals surface area contributed by atoms with Crippen LogP contribution >= 0.6 is 24.4 Å². The predicted molar refractivity (Wildman–Crippen MR) is 73.1 cm³/mol. The first-order valence-corrected chi connectivity index (χ1v) is 6.80. The zero-order chi connectivity index (χ0) is 13.5. The van der Waals surface area contributed by atoms with E-state index >= 15 is 0 Å². The molecule has 18 heavy (non-hydrogen) atoms. The third-order valence-corrected chi connectivity index (χ3v) is 3.31. The van der Waals surface area contributed by atoms with Crippen LogP contribution in [-0.2, 0) is 14.3 Å². The smallest absolute Gasteiger partial charge is 0.345 e. The molecule has 0 aromatic heterocycles. The number of aliphatic carboxylic acids is 1. The lowest BCUT2D eigenvalue weighted by atomic mass is 10.4. The van der Waals surface area contributed by atoms with Crippen LogP contribution in [0.3, 0.4) is 0 Å². The molecule has 0 bridgehead atoms. The van der Waals surface area contributed by atoms with E-state index in [0.29, 0.717) is 0 Å². The monoisotopic (exact) mass is 286 g/mol. The van der Waals surface area contributed by atoms with Crippen molar-refractivity contribution in [2.45, 2.75) is 23.2 Å². The Morgan fingerprint density at radius 2 is 2.00 bits per heavy atom. The molecule has 1 rings (SSSR count). The maximum absolute atomic E-state index is 11.3. The topological polar surface area (TPSA) is 63.6 Å². The molecule has 0 saturated carbocycles. The second kappa shape index (κ2) is 7.33. The summed E-state index contributed by atoms with van der Waals surface area (Å²) >= 11 is 5.23. The number of carboxylic acids is 1. The van der Waals surface area contributed by atoms with Gasteiger partial charge in [-0.2, -0.15) is 12.6 Å². The number of ether oxygens (including phenoxy) is 1. The highest BCUT2D eigenvalue weighted by Crippen LogP contribution is 2.19. The van der Waals surface area contributed by atoms with E-state index in [1.54, 1.807) is 0 Å². The van der Waals surface area contributed by atoms with E-state index in [1.165, 1.54) is 18.7 Å². The van der Waals surface area contributed by atoms with E-state index in [4.69, 9.17) is 9.84 Å². The molecule has 1 aromatic rings. The van der Waals surface area contributed by atoms with Crippen molar-refractivity contribution in [3.8, 4) is 0 Å². The third-order valence-electron chi connectivity index (χ3n) is 2.02. The van der Waals surface area contributed by atoms with Crippen molar-refractivity contribution in [1.29, 1.82) is 0 Å². The number of esters is 1. The van der Waals surface area contributed by atoms with Crippen LogP contribution in [0.1, 0.15) is 6.92 Å². The van der Waals surface area contributed by atoms with Crippen molar-refractivity contribution in [3.05, 3.63) is 30.3 Å². The second-order valence-corrected chi connectivity index (χ2v) is 5.43. The zero-order valence-electron chi connectivity index (χ0n) is 9.78. The van der Waals surface area contributed by atoms with Crippen LogP contribution in [-0.4, -0.2) is 34.2 Å². The Morgan fingerprint density at radius 1 is 1.39 bits per heavy atom. The summed E-state index contributed by atoms with van der Waals surface area (Å²) in [6, 6.07) is 9.33. The fourth-order valence-electron chi connectivity index (χ4n) is 1.08. The Kier molecular flexibility index (Phi) is 6.07. The van der Waals surface area contributed by atoms with Gasteiger partial charge in [-0.1, -0.05) is 18.2 Å². The fraction of sp³-hybridized carbons (Fsp3) is 0.333. The average Bonchev–Trinajstić information content (AvgIpc) is 2.34. The van der Waals surface area contributed by atoms with Crippen LogP contribution in [0.2, 0.25) is 0 Å². The minimum Gasteiger partial charge on any atom is -0.478 e. The van der Waals surface area contributed by atoms with E-state index in [2.05, 4.69) is 12.6 Å². The SMILES string of the molecule is C[C@H](S)C(=O)O[C@H](CSc1ccccc1)C(=O)O. The Labute approximate surface area is 115 Å². The molecule has 0 radical (unpaired) electrons. The molecular weight excluding hydrogens is 272 g/mol. The van der Waals surface area contributed by atoms with Gasteiger partial charge in [0.15, 0.2) is 0 Å². The number of benzene rings is 1. The summed E-state index contributed by atoms with van der Waals surface area (Å²) in [6.07, 6.45) is -1.16. The highest BCUT2D eigenvalue weighted by Gasteiger charge is 2.24. The number of thiol groups is 1. The molecular formula is C12H14O4S2. The van der Waals surface area contributed by atoms with Gasteiger partial charge in [-0.3, -0.25) is 4.79 Å². The number of rotatable bonds is 6. The van der Waals surface area contributed by atoms with Crippen LogP contribution in [0.25, 0.3) is 0 Å². The van der Waals surface area contributed by atoms with Crippen LogP contribution in [0, 0.1) is 0 Å². The lowest BCUT2D eigenvalue weighted by Gasteiger charge is -2.14. The molecule has 0 unspecified atom stereocenters. The first-order valence-electron chi connectivity index (χ1n) is 5.30. The van der Waals surface area contributed by atoms with E-state index in [0.717, 1.165) is 4.90 Å². The largest absolute Gasteiger partial charge is 0.478 e. The maximum atomic E-state index is 11.3. The minimum atomic E-state index is -1.16. The molecule has 6 heteroatoms. The average molecular weight is 286 g/mol. The Balaban J connectivity index is 2.54. The van der Waals surface area contributed by atoms with Crippen molar-refractivity contribution in [1.82, 2.24) is 0 Å². The number of hydrogen-bond acceptors (Lipinski definition) is 5. The van der Waals surface area contributed by atoms with Crippen molar-refractivity contribution in [3.63, 3.8) is 0 Å². The molecule has 0 heterocycles. The predicted octanol–water partition coefficient (Wildman–Crippen LogP) is 2.09. The van der Waals surface area contributed by atoms with Gasteiger partial charge in [0, 0.05) is 10.6 Å². The van der Waals surface area contributed by atoms with Crippen LogP contribution in [0.5, 0.6) is 0 Å². The summed E-state index contributed by atoms with van der Waals surface area (Å²) in [6.45, 7) is 1.54. The molecule has 0 saturated heterocycles. The van der Waals surface area contributed by atoms with Gasteiger partial charge in [-0.15, -0.1) is 11.8 Å². The summed E-state index contributed by atoms with van der Waals surface area (Å²) < 4.78 is 4.86. The number of carbonyl (C=O) groups is 2. The molecule has 4 nitrogen and oxygen atoms in total. The maximum Gasteiger partial charge on any atom is 0.345 e. The van der Waals surface area contributed by atoms with E-state index < -0.39 is 23.3 Å². The Bertz CT molecular complexity index is 406. The van der Waals surface area contributed by atoms with Crippen LogP contribution < -0.4 is 0 Å². The molecule has 0 aliphatic carbocycles. The highest BCUT2D eigenvalue weighted by atomic mass is 32.2. The quantitative estimate of drug-likeness (QED) is 0.476. The van der Waals surface area contributed by atoms with E-state index in [9.17, 15) is 9.59 Å². The van der Waals surface area contributed by atoms with Gasteiger partial charge in [0.25, 0.3) is 0 Å². The standard InChI is InChI=1S/C12H14O4S2/c1-8(17)12(15)16-10(11(13)14)7-18-9-5-3-2-4-6-9/h2-6,8,10,17H,7H2,1H3,(H,13,14)/t8-,10+/m0/s1. The summed E-state index contributed by atoms with van der Waals surface area (Å²) in [5, 5.41) is 8.34. The van der Waals surface area contributed by atoms with Gasteiger partial charge in [0.1, 0.15) is 0 Å². The van der Waals surface area contributed by atoms with Gasteiger partial charge in [0.05, 0.1) is 5.25 Å². The molecule has 1 aromatic carbocycles. The highest BCUT2D eigenvalue weighted by molar-refractivity contribution is 7.99. The summed E-state index contributed by atoms with van der Waals surface area (Å²) in [4.78, 5) is 23.2. The lowest BCUT2D eigenvalue weighted by Crippen LogP contribution is -2.31. The minimum absolute atomic E-state index is 0.172. The van der Waals surface area contributed by atoms with Crippen molar-refractivity contribution in [2.75, 3.05) is 5.75 Å². The molecule has 98 valence electrons. The first kappa shape index (κ1) is 14.9. The van der Waals surface area contributed by atoms with Crippen LogP contribution in [0.4, 0.5) is 0 Å². The van der Waals surface area contributed by atoms with Gasteiger partial charge in [-0.25, -0.2) is 4.79 Å². The van der Waals surface area contributed by atoms with Crippen LogP contribution in [0.15, 0.2) is 35.2 Å². The Hall–Kier alpha value is -1.14. The second-order valence-electron chi connectivity index (χ2n) is 3.56.